The Bertz CT molecular complexity index is 572. The zero-order chi connectivity index (χ0) is 14.0. The summed E-state index contributed by atoms with van der Waals surface area (Å²) in [6, 6.07) is 2.09. The van der Waals surface area contributed by atoms with Gasteiger partial charge < -0.3 is 9.47 Å². The summed E-state index contributed by atoms with van der Waals surface area (Å²) in [4.78, 5) is -0.566. The lowest BCUT2D eigenvalue weighted by Crippen LogP contribution is -2.17. The summed E-state index contributed by atoms with van der Waals surface area (Å²) < 4.78 is 47.0. The predicted molar refractivity (Wildman–Crippen MR) is 69.9 cm³/mol. The molecule has 1 unspecified atom stereocenters. The average molecular weight is 354 g/mol. The van der Waals surface area contributed by atoms with Crippen LogP contribution in [0.2, 0.25) is 0 Å². The first-order valence-corrected chi connectivity index (χ1v) is 7.98. The quantitative estimate of drug-likeness (QED) is 0.894. The van der Waals surface area contributed by atoms with Crippen LogP contribution in [0.25, 0.3) is 0 Å². The highest BCUT2D eigenvalue weighted by Gasteiger charge is 2.20. The van der Waals surface area contributed by atoms with E-state index >= 15 is 0 Å². The molecule has 1 aliphatic rings. The fourth-order valence-corrected chi connectivity index (χ4v) is 3.02. The minimum atomic E-state index is -4.09. The van der Waals surface area contributed by atoms with Gasteiger partial charge in [-0.25, -0.2) is 17.9 Å². The smallest absolute Gasteiger partial charge is 0.241 e. The molecule has 0 saturated carbocycles. The summed E-state index contributed by atoms with van der Waals surface area (Å²) in [5.74, 6) is -0.714. The highest BCUT2D eigenvalue weighted by Crippen LogP contribution is 2.30. The maximum absolute atomic E-state index is 13.6. The summed E-state index contributed by atoms with van der Waals surface area (Å²) in [6.45, 7) is 1.00. The Kier molecular flexibility index (Phi) is 4.44. The Balaban J connectivity index is 2.16. The molecule has 0 radical (unpaired) electrons. The van der Waals surface area contributed by atoms with Gasteiger partial charge in [0.25, 0.3) is 0 Å². The first-order chi connectivity index (χ1) is 8.88. The van der Waals surface area contributed by atoms with Crippen molar-refractivity contribution in [3.8, 4) is 5.75 Å². The molecule has 1 atom stereocenters. The van der Waals surface area contributed by atoms with Crippen molar-refractivity contribution in [1.82, 2.24) is 0 Å². The average Bonchev–Trinajstić information content (AvgIpc) is 2.81. The Hall–Kier alpha value is -0.700. The van der Waals surface area contributed by atoms with Gasteiger partial charge in [-0.3, -0.25) is 0 Å². The third-order valence-corrected chi connectivity index (χ3v) is 4.29. The van der Waals surface area contributed by atoms with Crippen LogP contribution in [0.15, 0.2) is 21.5 Å². The third kappa shape index (κ3) is 3.65. The Morgan fingerprint density at radius 3 is 2.84 bits per heavy atom. The number of benzene rings is 1. The number of sulfonamides is 1. The first kappa shape index (κ1) is 14.7. The van der Waals surface area contributed by atoms with E-state index in [1.807, 2.05) is 0 Å². The van der Waals surface area contributed by atoms with Crippen molar-refractivity contribution < 1.29 is 22.3 Å². The van der Waals surface area contributed by atoms with Crippen molar-refractivity contribution in [2.75, 3.05) is 13.2 Å². The lowest BCUT2D eigenvalue weighted by Gasteiger charge is -2.13. The standard InChI is InChI=1S/C11H13BrFNO4S/c12-8-4-11(19(14,15)16)9(13)5-10(8)18-6-7-2-1-3-17-7/h4-5,7H,1-3,6H2,(H2,14,15,16). The Morgan fingerprint density at radius 2 is 2.26 bits per heavy atom. The van der Waals surface area contributed by atoms with Crippen molar-refractivity contribution in [1.29, 1.82) is 0 Å². The van der Waals surface area contributed by atoms with Crippen LogP contribution in [-0.4, -0.2) is 27.7 Å². The van der Waals surface area contributed by atoms with Crippen LogP contribution >= 0.6 is 15.9 Å². The number of hydrogen-bond acceptors (Lipinski definition) is 4. The fraction of sp³-hybridized carbons (Fsp3) is 0.455. The minimum Gasteiger partial charge on any atom is -0.490 e. The number of nitrogens with two attached hydrogens (primary N) is 1. The van der Waals surface area contributed by atoms with E-state index in [1.165, 1.54) is 0 Å². The molecule has 2 N–H and O–H groups in total. The van der Waals surface area contributed by atoms with E-state index in [0.29, 0.717) is 17.7 Å². The van der Waals surface area contributed by atoms with Gasteiger partial charge in [0, 0.05) is 12.7 Å². The number of rotatable bonds is 4. The van der Waals surface area contributed by atoms with E-state index in [1.54, 1.807) is 0 Å². The van der Waals surface area contributed by atoms with Crippen molar-refractivity contribution in [2.45, 2.75) is 23.8 Å². The lowest BCUT2D eigenvalue weighted by molar-refractivity contribution is 0.0675. The van der Waals surface area contributed by atoms with E-state index < -0.39 is 20.7 Å². The molecule has 5 nitrogen and oxygen atoms in total. The first-order valence-electron chi connectivity index (χ1n) is 5.64. The molecular weight excluding hydrogens is 341 g/mol. The Labute approximate surface area is 119 Å². The number of hydrogen-bond donors (Lipinski definition) is 1. The molecule has 0 amide bonds. The summed E-state index contributed by atoms with van der Waals surface area (Å²) >= 11 is 3.13. The van der Waals surface area contributed by atoms with Crippen LogP contribution in [-0.2, 0) is 14.8 Å². The summed E-state index contributed by atoms with van der Waals surface area (Å²) in [5, 5.41) is 4.90. The van der Waals surface area contributed by atoms with Crippen molar-refractivity contribution >= 4 is 26.0 Å². The SMILES string of the molecule is NS(=O)(=O)c1cc(Br)c(OCC2CCCO2)cc1F. The molecule has 106 valence electrons. The van der Waals surface area contributed by atoms with Crippen LogP contribution in [0.4, 0.5) is 4.39 Å². The van der Waals surface area contributed by atoms with Gasteiger partial charge in [0.2, 0.25) is 10.0 Å². The molecule has 1 aromatic rings. The molecule has 2 rings (SSSR count). The largest absolute Gasteiger partial charge is 0.490 e. The number of primary sulfonamides is 1. The molecule has 1 saturated heterocycles. The summed E-state index contributed by atoms with van der Waals surface area (Å²) in [7, 11) is -4.09. The topological polar surface area (TPSA) is 78.6 Å². The molecule has 19 heavy (non-hydrogen) atoms. The molecule has 1 fully saturated rings. The van der Waals surface area contributed by atoms with E-state index in [0.717, 1.165) is 25.0 Å². The zero-order valence-corrected chi connectivity index (χ0v) is 12.3. The molecule has 0 spiro atoms. The van der Waals surface area contributed by atoms with Crippen molar-refractivity contribution in [3.63, 3.8) is 0 Å². The van der Waals surface area contributed by atoms with Gasteiger partial charge in [0.05, 0.1) is 10.6 Å². The summed E-state index contributed by atoms with van der Waals surface area (Å²) in [6.07, 6.45) is 1.87. The molecule has 8 heteroatoms. The number of ether oxygens (including phenoxy) is 2. The van der Waals surface area contributed by atoms with Gasteiger partial charge in [0.1, 0.15) is 23.1 Å². The van der Waals surface area contributed by atoms with E-state index in [4.69, 9.17) is 14.6 Å². The second-order valence-corrected chi connectivity index (χ2v) is 6.59. The van der Waals surface area contributed by atoms with Gasteiger partial charge in [-0.2, -0.15) is 0 Å². The van der Waals surface area contributed by atoms with Crippen molar-refractivity contribution in [2.24, 2.45) is 5.14 Å². The van der Waals surface area contributed by atoms with Gasteiger partial charge in [-0.05, 0) is 34.8 Å². The van der Waals surface area contributed by atoms with Crippen LogP contribution in [0.1, 0.15) is 12.8 Å². The van der Waals surface area contributed by atoms with E-state index in [9.17, 15) is 12.8 Å². The van der Waals surface area contributed by atoms with E-state index in [-0.39, 0.29) is 11.9 Å². The number of halogens is 2. The maximum Gasteiger partial charge on any atom is 0.241 e. The summed E-state index contributed by atoms with van der Waals surface area (Å²) in [5.41, 5.74) is 0. The fourth-order valence-electron chi connectivity index (χ4n) is 1.80. The lowest BCUT2D eigenvalue weighted by atomic mass is 10.2. The molecule has 1 heterocycles. The maximum atomic E-state index is 13.6. The highest BCUT2D eigenvalue weighted by atomic mass is 79.9. The van der Waals surface area contributed by atoms with Crippen LogP contribution in [0.3, 0.4) is 0 Å². The normalized spacial score (nSPS) is 19.6. The zero-order valence-electron chi connectivity index (χ0n) is 9.93. The van der Waals surface area contributed by atoms with Gasteiger partial charge in [-0.15, -0.1) is 0 Å². The van der Waals surface area contributed by atoms with Gasteiger partial charge >= 0.3 is 0 Å². The monoisotopic (exact) mass is 353 g/mol. The second kappa shape index (κ2) is 5.74. The van der Waals surface area contributed by atoms with E-state index in [2.05, 4.69) is 15.9 Å². The Morgan fingerprint density at radius 1 is 1.53 bits per heavy atom. The highest BCUT2D eigenvalue weighted by molar-refractivity contribution is 9.10. The van der Waals surface area contributed by atoms with Crippen LogP contribution < -0.4 is 9.88 Å². The molecule has 1 aliphatic heterocycles. The van der Waals surface area contributed by atoms with Crippen LogP contribution in [0, 0.1) is 5.82 Å². The molecule has 0 aliphatic carbocycles. The van der Waals surface area contributed by atoms with Crippen molar-refractivity contribution in [3.05, 3.63) is 22.4 Å². The molecule has 0 aromatic heterocycles. The van der Waals surface area contributed by atoms with Crippen LogP contribution in [0.5, 0.6) is 5.75 Å². The second-order valence-electron chi connectivity index (χ2n) is 4.20. The van der Waals surface area contributed by atoms with Gasteiger partial charge in [0.15, 0.2) is 0 Å². The molecule has 0 bridgehead atoms. The van der Waals surface area contributed by atoms with Gasteiger partial charge in [-0.1, -0.05) is 0 Å². The predicted octanol–water partition coefficient (Wildman–Crippen LogP) is 1.79. The third-order valence-electron chi connectivity index (χ3n) is 2.74. The molecule has 1 aromatic carbocycles. The minimum absolute atomic E-state index is 0.00659. The molecular formula is C11H13BrFNO4S.